The van der Waals surface area contributed by atoms with E-state index in [4.69, 9.17) is 11.6 Å². The lowest BCUT2D eigenvalue weighted by Crippen LogP contribution is -2.26. The first-order valence-corrected chi connectivity index (χ1v) is 7.71. The average Bonchev–Trinajstić information content (AvgIpc) is 2.77. The minimum Gasteiger partial charge on any atom is -0.310 e. The smallest absolute Gasteiger partial charge is 0.0408 e. The van der Waals surface area contributed by atoms with Gasteiger partial charge >= 0.3 is 0 Å². The van der Waals surface area contributed by atoms with Gasteiger partial charge in [0.25, 0.3) is 0 Å². The molecule has 1 aliphatic rings. The molecule has 1 nitrogen and oxygen atoms in total. The van der Waals surface area contributed by atoms with Gasteiger partial charge in [-0.05, 0) is 54.1 Å². The molecule has 2 heteroatoms. The van der Waals surface area contributed by atoms with Crippen LogP contribution >= 0.6 is 11.6 Å². The van der Waals surface area contributed by atoms with E-state index in [1.54, 1.807) is 0 Å². The summed E-state index contributed by atoms with van der Waals surface area (Å²) >= 11 is 6.10. The maximum absolute atomic E-state index is 6.10. The molecule has 0 bridgehead atoms. The van der Waals surface area contributed by atoms with Crippen LogP contribution in [0.2, 0.25) is 5.02 Å². The largest absolute Gasteiger partial charge is 0.310 e. The molecule has 1 N–H and O–H groups in total. The quantitative estimate of drug-likeness (QED) is 0.878. The maximum atomic E-state index is 6.10. The van der Waals surface area contributed by atoms with Gasteiger partial charge < -0.3 is 5.32 Å². The average molecular weight is 286 g/mol. The highest BCUT2D eigenvalue weighted by Gasteiger charge is 2.31. The van der Waals surface area contributed by atoms with Gasteiger partial charge in [0.2, 0.25) is 0 Å². The molecule has 2 atom stereocenters. The second-order valence-corrected chi connectivity index (χ2v) is 5.97. The van der Waals surface area contributed by atoms with E-state index in [1.165, 1.54) is 16.7 Å². The second-order valence-electron chi connectivity index (χ2n) is 5.53. The maximum Gasteiger partial charge on any atom is 0.0408 e. The third kappa shape index (κ3) is 2.74. The van der Waals surface area contributed by atoms with Gasteiger partial charge in [-0.1, -0.05) is 54.9 Å². The number of rotatable bonds is 4. The minimum absolute atomic E-state index is 0.468. The fraction of sp³-hybridized carbons (Fsp3) is 0.333. The summed E-state index contributed by atoms with van der Waals surface area (Å²) in [6.07, 6.45) is 2.23. The Morgan fingerprint density at radius 1 is 1.15 bits per heavy atom. The molecule has 20 heavy (non-hydrogen) atoms. The molecule has 3 rings (SSSR count). The first-order chi connectivity index (χ1) is 9.78. The van der Waals surface area contributed by atoms with Crippen LogP contribution in [0.3, 0.4) is 0 Å². The van der Waals surface area contributed by atoms with Crippen molar-refractivity contribution in [2.75, 3.05) is 6.54 Å². The summed E-state index contributed by atoms with van der Waals surface area (Å²) in [6, 6.07) is 17.5. The van der Waals surface area contributed by atoms with Crippen LogP contribution in [0.15, 0.2) is 48.5 Å². The molecule has 0 fully saturated rings. The predicted molar refractivity (Wildman–Crippen MR) is 85.2 cm³/mol. The van der Waals surface area contributed by atoms with E-state index in [2.05, 4.69) is 48.6 Å². The third-order valence-corrected chi connectivity index (χ3v) is 4.39. The highest BCUT2D eigenvalue weighted by atomic mass is 35.5. The Balaban J connectivity index is 1.83. The summed E-state index contributed by atoms with van der Waals surface area (Å²) in [5, 5.41) is 4.48. The van der Waals surface area contributed by atoms with E-state index in [9.17, 15) is 0 Å². The molecular formula is C18H20ClN. The fourth-order valence-electron chi connectivity index (χ4n) is 3.33. The van der Waals surface area contributed by atoms with Crippen LogP contribution in [0.4, 0.5) is 0 Å². The van der Waals surface area contributed by atoms with E-state index in [-0.39, 0.29) is 0 Å². The van der Waals surface area contributed by atoms with Crippen LogP contribution in [0, 0.1) is 5.92 Å². The standard InChI is InChI=1S/C18H20ClN/c1-2-20-18-15(10-13-6-5-8-16(19)11-13)12-14-7-3-4-9-17(14)18/h3-9,11,15,18,20H,2,10,12H2,1H3. The predicted octanol–water partition coefficient (Wildman–Crippen LogP) is 4.41. The topological polar surface area (TPSA) is 12.0 Å². The Bertz CT molecular complexity index is 593. The van der Waals surface area contributed by atoms with Crippen LogP contribution in [0.5, 0.6) is 0 Å². The molecule has 2 aromatic rings. The van der Waals surface area contributed by atoms with Gasteiger partial charge in [-0.25, -0.2) is 0 Å². The molecule has 0 saturated heterocycles. The summed E-state index contributed by atoms with van der Waals surface area (Å²) in [5.74, 6) is 0.616. The third-order valence-electron chi connectivity index (χ3n) is 4.15. The van der Waals surface area contributed by atoms with Gasteiger partial charge in [0, 0.05) is 11.1 Å². The summed E-state index contributed by atoms with van der Waals surface area (Å²) in [5.41, 5.74) is 4.30. The molecule has 2 aromatic carbocycles. The van der Waals surface area contributed by atoms with E-state index < -0.39 is 0 Å². The van der Waals surface area contributed by atoms with Crippen molar-refractivity contribution in [2.24, 2.45) is 5.92 Å². The van der Waals surface area contributed by atoms with Crippen molar-refractivity contribution in [1.29, 1.82) is 0 Å². The van der Waals surface area contributed by atoms with Crippen molar-refractivity contribution in [3.63, 3.8) is 0 Å². The highest BCUT2D eigenvalue weighted by Crippen LogP contribution is 2.38. The zero-order chi connectivity index (χ0) is 13.9. The number of halogens is 1. The van der Waals surface area contributed by atoms with Gasteiger partial charge in [0.05, 0.1) is 0 Å². The van der Waals surface area contributed by atoms with Gasteiger partial charge in [0.1, 0.15) is 0 Å². The van der Waals surface area contributed by atoms with Crippen LogP contribution < -0.4 is 5.32 Å². The number of fused-ring (bicyclic) bond motifs is 1. The van der Waals surface area contributed by atoms with E-state index in [1.807, 2.05) is 12.1 Å². The number of hydrogen-bond donors (Lipinski definition) is 1. The Hall–Kier alpha value is -1.31. The van der Waals surface area contributed by atoms with E-state index in [0.717, 1.165) is 24.4 Å². The van der Waals surface area contributed by atoms with Crippen molar-refractivity contribution in [1.82, 2.24) is 5.32 Å². The second kappa shape index (κ2) is 5.99. The van der Waals surface area contributed by atoms with Gasteiger partial charge in [-0.2, -0.15) is 0 Å². The lowest BCUT2D eigenvalue weighted by Gasteiger charge is -2.21. The van der Waals surface area contributed by atoms with Crippen LogP contribution in [-0.4, -0.2) is 6.54 Å². The van der Waals surface area contributed by atoms with Crippen molar-refractivity contribution in [3.05, 3.63) is 70.2 Å². The molecule has 0 spiro atoms. The molecule has 104 valence electrons. The summed E-state index contributed by atoms with van der Waals surface area (Å²) < 4.78 is 0. The molecule has 0 heterocycles. The molecule has 0 amide bonds. The lowest BCUT2D eigenvalue weighted by atomic mass is 9.93. The fourth-order valence-corrected chi connectivity index (χ4v) is 3.54. The first-order valence-electron chi connectivity index (χ1n) is 7.33. The number of benzene rings is 2. The van der Waals surface area contributed by atoms with Crippen LogP contribution in [0.25, 0.3) is 0 Å². The van der Waals surface area contributed by atoms with Gasteiger partial charge in [-0.15, -0.1) is 0 Å². The molecule has 0 aromatic heterocycles. The Labute approximate surface area is 126 Å². The molecule has 1 aliphatic carbocycles. The van der Waals surface area contributed by atoms with Gasteiger partial charge in [0.15, 0.2) is 0 Å². The van der Waals surface area contributed by atoms with Crippen molar-refractivity contribution in [2.45, 2.75) is 25.8 Å². The number of nitrogens with one attached hydrogen (secondary N) is 1. The monoisotopic (exact) mass is 285 g/mol. The molecule has 0 aliphatic heterocycles. The normalized spacial score (nSPS) is 20.9. The minimum atomic E-state index is 0.468. The summed E-state index contributed by atoms with van der Waals surface area (Å²) in [6.45, 7) is 3.18. The molecular weight excluding hydrogens is 266 g/mol. The highest BCUT2D eigenvalue weighted by molar-refractivity contribution is 6.30. The Kier molecular flexibility index (Phi) is 4.09. The molecule has 0 radical (unpaired) electrons. The first kappa shape index (κ1) is 13.7. The van der Waals surface area contributed by atoms with Crippen LogP contribution in [-0.2, 0) is 12.8 Å². The lowest BCUT2D eigenvalue weighted by molar-refractivity contribution is 0.394. The zero-order valence-electron chi connectivity index (χ0n) is 11.8. The SMILES string of the molecule is CCNC1c2ccccc2CC1Cc1cccc(Cl)c1. The summed E-state index contributed by atoms with van der Waals surface area (Å²) in [4.78, 5) is 0. The van der Waals surface area contributed by atoms with Crippen molar-refractivity contribution >= 4 is 11.6 Å². The summed E-state index contributed by atoms with van der Waals surface area (Å²) in [7, 11) is 0. The van der Waals surface area contributed by atoms with E-state index in [0.29, 0.717) is 12.0 Å². The van der Waals surface area contributed by atoms with Crippen molar-refractivity contribution in [3.8, 4) is 0 Å². The number of hydrogen-bond acceptors (Lipinski definition) is 1. The molecule has 2 unspecified atom stereocenters. The zero-order valence-corrected chi connectivity index (χ0v) is 12.5. The Morgan fingerprint density at radius 3 is 2.80 bits per heavy atom. The molecule has 0 saturated carbocycles. The van der Waals surface area contributed by atoms with E-state index >= 15 is 0 Å². The van der Waals surface area contributed by atoms with Crippen molar-refractivity contribution < 1.29 is 0 Å². The van der Waals surface area contributed by atoms with Gasteiger partial charge in [-0.3, -0.25) is 0 Å². The Morgan fingerprint density at radius 2 is 2.00 bits per heavy atom. The van der Waals surface area contributed by atoms with Crippen LogP contribution in [0.1, 0.15) is 29.7 Å².